The number of hydrogen-bond donors (Lipinski definition) is 3. The summed E-state index contributed by atoms with van der Waals surface area (Å²) >= 11 is 1.38. The monoisotopic (exact) mass is 712 g/mol. The third-order valence-corrected chi connectivity index (χ3v) is 10.5. The summed E-state index contributed by atoms with van der Waals surface area (Å²) in [7, 11) is 0. The van der Waals surface area contributed by atoms with Gasteiger partial charge in [-0.15, -0.1) is 11.3 Å². The maximum absolute atomic E-state index is 13.5. The maximum Gasteiger partial charge on any atom is 0.326 e. The molecule has 51 heavy (non-hydrogen) atoms. The number of nitrogens with one attached hydrogen (secondary N) is 2. The summed E-state index contributed by atoms with van der Waals surface area (Å²) in [6.07, 6.45) is 10.3. The maximum atomic E-state index is 13.5. The van der Waals surface area contributed by atoms with Crippen LogP contribution >= 0.6 is 11.3 Å². The molecule has 2 aromatic heterocycles. The van der Waals surface area contributed by atoms with E-state index >= 15 is 0 Å². The molecule has 0 aliphatic rings. The topological polar surface area (TPSA) is 131 Å². The lowest BCUT2D eigenvalue weighted by atomic mass is 9.95. The number of benzene rings is 2. The Labute approximate surface area is 306 Å². The fourth-order valence-electron chi connectivity index (χ4n) is 5.53. The summed E-state index contributed by atoms with van der Waals surface area (Å²) in [5.74, 6) is -0.917. The van der Waals surface area contributed by atoms with Crippen LogP contribution < -0.4 is 15.4 Å². The first-order chi connectivity index (χ1) is 24.4. The van der Waals surface area contributed by atoms with Crippen molar-refractivity contribution in [2.45, 2.75) is 104 Å². The Balaban J connectivity index is 1.43. The van der Waals surface area contributed by atoms with Gasteiger partial charge >= 0.3 is 5.97 Å². The summed E-state index contributed by atoms with van der Waals surface area (Å²) in [5, 5.41) is 15.4. The molecule has 4 aromatic rings. The van der Waals surface area contributed by atoms with Crippen molar-refractivity contribution in [3.05, 3.63) is 88.4 Å². The lowest BCUT2D eigenvalue weighted by Gasteiger charge is -2.24. The smallest absolute Gasteiger partial charge is 0.326 e. The Bertz CT molecular complexity index is 1710. The fourth-order valence-corrected chi connectivity index (χ4v) is 6.50. The van der Waals surface area contributed by atoms with Crippen molar-refractivity contribution in [1.29, 1.82) is 0 Å². The normalized spacial score (nSPS) is 13.2. The largest absolute Gasteiger partial charge is 0.494 e. The van der Waals surface area contributed by atoms with Crippen LogP contribution in [0.3, 0.4) is 0 Å². The number of rotatable bonds is 18. The standard InChI is InChI=1S/C41H52N4O5S/c1-7-9-10-11-12-23-50-32-19-17-29(18-20-32)31-25-42-37(43-26-31)30-15-13-28(14-16-30)24-33(38(46)45-36(40(48)49)27(3)8-2)44-39(47)34-21-22-35(51-34)41(4,5)6/h13-22,25-27,33,36H,7-12,23-24H2,1-6H3,(H,44,47)(H,45,46)(H,48,49). The van der Waals surface area contributed by atoms with Gasteiger partial charge in [-0.2, -0.15) is 0 Å². The van der Waals surface area contributed by atoms with Crippen LogP contribution in [0, 0.1) is 5.92 Å². The van der Waals surface area contributed by atoms with Gasteiger partial charge in [0.1, 0.15) is 17.8 Å². The number of carboxylic acids is 1. The first-order valence-electron chi connectivity index (χ1n) is 18.0. The molecule has 0 radical (unpaired) electrons. The zero-order valence-electron chi connectivity index (χ0n) is 30.7. The number of aliphatic carboxylic acids is 1. The van der Waals surface area contributed by atoms with Crippen LogP contribution in [0.15, 0.2) is 73.1 Å². The van der Waals surface area contributed by atoms with E-state index in [1.807, 2.05) is 61.5 Å². The number of ether oxygens (including phenoxy) is 1. The van der Waals surface area contributed by atoms with Crippen molar-refractivity contribution in [3.63, 3.8) is 0 Å². The molecule has 2 heterocycles. The quantitative estimate of drug-likeness (QED) is 0.0883. The first kappa shape index (κ1) is 39.2. The summed E-state index contributed by atoms with van der Waals surface area (Å²) in [5.41, 5.74) is 3.35. The Morgan fingerprint density at radius 2 is 1.47 bits per heavy atom. The van der Waals surface area contributed by atoms with Gasteiger partial charge in [0.15, 0.2) is 5.82 Å². The lowest BCUT2D eigenvalue weighted by molar-refractivity contribution is -0.143. The van der Waals surface area contributed by atoms with Gasteiger partial charge in [0.2, 0.25) is 5.91 Å². The molecule has 0 saturated carbocycles. The summed E-state index contributed by atoms with van der Waals surface area (Å²) < 4.78 is 5.89. The number of carboxylic acid groups (broad SMARTS) is 1. The molecule has 0 spiro atoms. The van der Waals surface area contributed by atoms with E-state index in [0.717, 1.165) is 45.9 Å². The van der Waals surface area contributed by atoms with E-state index in [9.17, 15) is 19.5 Å². The SMILES string of the molecule is CCCCCCCOc1ccc(-c2cnc(-c3ccc(CC(NC(=O)c4ccc(C(C)(C)C)s4)C(=O)NC(C(=O)O)C(C)CC)cc3)nc2)cc1. The molecule has 3 atom stereocenters. The second-order valence-electron chi connectivity index (χ2n) is 14.1. The molecule has 0 fully saturated rings. The molecule has 0 aliphatic heterocycles. The molecular weight excluding hydrogens is 661 g/mol. The molecular formula is C41H52N4O5S. The van der Waals surface area contributed by atoms with Gasteiger partial charge in [0, 0.05) is 34.8 Å². The van der Waals surface area contributed by atoms with E-state index < -0.39 is 24.0 Å². The first-order valence-corrected chi connectivity index (χ1v) is 18.8. The second-order valence-corrected chi connectivity index (χ2v) is 15.2. The minimum absolute atomic E-state index is 0.121. The van der Waals surface area contributed by atoms with E-state index in [1.54, 1.807) is 25.4 Å². The average Bonchev–Trinajstić information content (AvgIpc) is 3.64. The Morgan fingerprint density at radius 1 is 0.824 bits per heavy atom. The van der Waals surface area contributed by atoms with Crippen molar-refractivity contribution in [2.24, 2.45) is 5.92 Å². The van der Waals surface area contributed by atoms with E-state index in [4.69, 9.17) is 4.74 Å². The van der Waals surface area contributed by atoms with Gasteiger partial charge in [-0.25, -0.2) is 14.8 Å². The highest BCUT2D eigenvalue weighted by Gasteiger charge is 2.30. The minimum Gasteiger partial charge on any atom is -0.494 e. The van der Waals surface area contributed by atoms with Crippen LogP contribution in [-0.2, 0) is 21.4 Å². The molecule has 0 bridgehead atoms. The third-order valence-electron chi connectivity index (χ3n) is 8.98. The lowest BCUT2D eigenvalue weighted by Crippen LogP contribution is -2.54. The van der Waals surface area contributed by atoms with Crippen LogP contribution in [0.4, 0.5) is 0 Å². The molecule has 3 N–H and O–H groups in total. The van der Waals surface area contributed by atoms with E-state index in [2.05, 4.69) is 48.3 Å². The molecule has 2 aromatic carbocycles. The highest BCUT2D eigenvalue weighted by molar-refractivity contribution is 7.14. The van der Waals surface area contributed by atoms with E-state index in [0.29, 0.717) is 17.1 Å². The summed E-state index contributed by atoms with van der Waals surface area (Å²) in [6, 6.07) is 17.1. The van der Waals surface area contributed by atoms with Crippen molar-refractivity contribution in [1.82, 2.24) is 20.6 Å². The molecule has 3 unspecified atom stereocenters. The molecule has 9 nitrogen and oxygen atoms in total. The number of thiophene rings is 1. The summed E-state index contributed by atoms with van der Waals surface area (Å²) in [6.45, 7) is 12.8. The van der Waals surface area contributed by atoms with Crippen LogP contribution in [0.5, 0.6) is 5.75 Å². The predicted octanol–water partition coefficient (Wildman–Crippen LogP) is 8.48. The number of hydrogen-bond acceptors (Lipinski definition) is 7. The Morgan fingerprint density at radius 3 is 2.06 bits per heavy atom. The Hall–Kier alpha value is -4.57. The van der Waals surface area contributed by atoms with Crippen molar-refractivity contribution < 1.29 is 24.2 Å². The van der Waals surface area contributed by atoms with E-state index in [-0.39, 0.29) is 23.7 Å². The molecule has 272 valence electrons. The van der Waals surface area contributed by atoms with Crippen LogP contribution in [0.25, 0.3) is 22.5 Å². The number of aromatic nitrogens is 2. The fraction of sp³-hybridized carbons (Fsp3) is 0.439. The third kappa shape index (κ3) is 11.5. The highest BCUT2D eigenvalue weighted by atomic mass is 32.1. The van der Waals surface area contributed by atoms with E-state index in [1.165, 1.54) is 37.0 Å². The molecule has 2 amide bonds. The number of carbonyl (C=O) groups excluding carboxylic acids is 2. The highest BCUT2D eigenvalue weighted by Crippen LogP contribution is 2.30. The van der Waals surface area contributed by atoms with Crippen molar-refractivity contribution in [3.8, 4) is 28.3 Å². The van der Waals surface area contributed by atoms with Gasteiger partial charge in [0.05, 0.1) is 11.5 Å². The number of nitrogens with zero attached hydrogens (tertiary/aromatic N) is 2. The summed E-state index contributed by atoms with van der Waals surface area (Å²) in [4.78, 5) is 49.6. The Kier molecular flexibility index (Phi) is 14.3. The van der Waals surface area contributed by atoms with Crippen molar-refractivity contribution in [2.75, 3.05) is 6.61 Å². The molecule has 0 saturated heterocycles. The van der Waals surface area contributed by atoms with Gasteiger partial charge in [-0.05, 0) is 53.1 Å². The van der Waals surface area contributed by atoms with Gasteiger partial charge < -0.3 is 20.5 Å². The molecule has 10 heteroatoms. The van der Waals surface area contributed by atoms with Crippen LogP contribution in [0.1, 0.15) is 100 Å². The predicted molar refractivity (Wildman–Crippen MR) is 204 cm³/mol. The van der Waals surface area contributed by atoms with Gasteiger partial charge in [-0.3, -0.25) is 9.59 Å². The number of amides is 2. The van der Waals surface area contributed by atoms with Crippen molar-refractivity contribution >= 4 is 29.1 Å². The zero-order chi connectivity index (χ0) is 37.0. The minimum atomic E-state index is -1.11. The number of carbonyl (C=O) groups is 3. The zero-order valence-corrected chi connectivity index (χ0v) is 31.5. The van der Waals surface area contributed by atoms with Gasteiger partial charge in [0.25, 0.3) is 5.91 Å². The molecule has 0 aliphatic carbocycles. The van der Waals surface area contributed by atoms with Gasteiger partial charge in [-0.1, -0.05) is 110 Å². The van der Waals surface area contributed by atoms with Crippen LogP contribution in [-0.4, -0.2) is 51.5 Å². The molecule has 4 rings (SSSR count). The van der Waals surface area contributed by atoms with Crippen LogP contribution in [0.2, 0.25) is 0 Å². The second kappa shape index (κ2) is 18.6. The average molecular weight is 713 g/mol. The number of unbranched alkanes of at least 4 members (excludes halogenated alkanes) is 4.